The molecular weight excluding hydrogens is 230 g/mol. The standard InChI is InChI=1S/C13H17N3O2/c1-9-3-2-4-12(14-9)16-13(18)15-11-6-5-10(7-11)8-17/h2-6,10-11,17H,7-8H2,1H3,(H2,14,15,16,18)/t10-,11+/m0/s1. The monoisotopic (exact) mass is 247 g/mol. The van der Waals surface area contributed by atoms with E-state index in [4.69, 9.17) is 5.11 Å². The average Bonchev–Trinajstić information content (AvgIpc) is 2.76. The summed E-state index contributed by atoms with van der Waals surface area (Å²) >= 11 is 0. The maximum absolute atomic E-state index is 11.7. The van der Waals surface area contributed by atoms with E-state index in [0.717, 1.165) is 12.1 Å². The van der Waals surface area contributed by atoms with E-state index in [1.165, 1.54) is 0 Å². The molecule has 2 amide bonds. The Balaban J connectivity index is 1.84. The quantitative estimate of drug-likeness (QED) is 0.708. The molecule has 0 saturated heterocycles. The molecule has 1 heterocycles. The fraction of sp³-hybridized carbons (Fsp3) is 0.385. The molecule has 1 aliphatic carbocycles. The predicted molar refractivity (Wildman–Crippen MR) is 69.2 cm³/mol. The molecule has 0 aromatic carbocycles. The van der Waals surface area contributed by atoms with Crippen LogP contribution in [0.2, 0.25) is 0 Å². The Morgan fingerprint density at radius 1 is 1.50 bits per heavy atom. The van der Waals surface area contributed by atoms with Crippen LogP contribution in [0.5, 0.6) is 0 Å². The SMILES string of the molecule is Cc1cccc(NC(=O)N[C@@H]2C=C[C@H](CO)C2)n1. The van der Waals surface area contributed by atoms with E-state index in [1.54, 1.807) is 6.07 Å². The zero-order valence-corrected chi connectivity index (χ0v) is 10.3. The number of nitrogens with zero attached hydrogens (tertiary/aromatic N) is 1. The first kappa shape index (κ1) is 12.6. The van der Waals surface area contributed by atoms with Crippen LogP contribution in [0.15, 0.2) is 30.4 Å². The number of anilines is 1. The number of aromatic nitrogens is 1. The number of pyridine rings is 1. The first-order chi connectivity index (χ1) is 8.67. The number of hydrogen-bond donors (Lipinski definition) is 3. The topological polar surface area (TPSA) is 74.2 Å². The average molecular weight is 247 g/mol. The molecule has 1 aromatic rings. The molecule has 0 bridgehead atoms. The Labute approximate surface area is 106 Å². The van der Waals surface area contributed by atoms with E-state index in [1.807, 2.05) is 31.2 Å². The van der Waals surface area contributed by atoms with Gasteiger partial charge in [-0.05, 0) is 25.5 Å². The van der Waals surface area contributed by atoms with Crippen molar-refractivity contribution in [1.29, 1.82) is 0 Å². The summed E-state index contributed by atoms with van der Waals surface area (Å²) < 4.78 is 0. The van der Waals surface area contributed by atoms with Crippen molar-refractivity contribution in [3.63, 3.8) is 0 Å². The highest BCUT2D eigenvalue weighted by Crippen LogP contribution is 2.17. The Bertz CT molecular complexity index is 459. The van der Waals surface area contributed by atoms with Gasteiger partial charge in [-0.1, -0.05) is 18.2 Å². The number of urea groups is 1. The normalized spacial score (nSPS) is 21.9. The van der Waals surface area contributed by atoms with E-state index >= 15 is 0 Å². The molecule has 5 nitrogen and oxygen atoms in total. The van der Waals surface area contributed by atoms with Gasteiger partial charge in [0.1, 0.15) is 5.82 Å². The van der Waals surface area contributed by atoms with Gasteiger partial charge in [-0.3, -0.25) is 5.32 Å². The Hall–Kier alpha value is -1.88. The molecule has 0 fully saturated rings. The third kappa shape index (κ3) is 3.30. The van der Waals surface area contributed by atoms with Gasteiger partial charge in [0, 0.05) is 24.3 Å². The van der Waals surface area contributed by atoms with Crippen molar-refractivity contribution >= 4 is 11.8 Å². The van der Waals surface area contributed by atoms with Crippen LogP contribution in [-0.4, -0.2) is 28.8 Å². The molecule has 5 heteroatoms. The van der Waals surface area contributed by atoms with Crippen LogP contribution in [-0.2, 0) is 0 Å². The van der Waals surface area contributed by atoms with Crippen molar-refractivity contribution in [3.8, 4) is 0 Å². The molecule has 0 radical (unpaired) electrons. The van der Waals surface area contributed by atoms with Gasteiger partial charge in [-0.15, -0.1) is 0 Å². The number of amides is 2. The first-order valence-corrected chi connectivity index (χ1v) is 5.98. The minimum absolute atomic E-state index is 0.0213. The molecule has 1 aliphatic rings. The van der Waals surface area contributed by atoms with Gasteiger partial charge in [-0.2, -0.15) is 0 Å². The maximum Gasteiger partial charge on any atom is 0.320 e. The number of aliphatic hydroxyl groups excluding tert-OH is 1. The second-order valence-corrected chi connectivity index (χ2v) is 4.43. The van der Waals surface area contributed by atoms with Crippen molar-refractivity contribution in [2.24, 2.45) is 5.92 Å². The van der Waals surface area contributed by atoms with Gasteiger partial charge in [0.05, 0.1) is 0 Å². The number of nitrogens with one attached hydrogen (secondary N) is 2. The fourth-order valence-electron chi connectivity index (χ4n) is 1.95. The summed E-state index contributed by atoms with van der Waals surface area (Å²) in [5.41, 5.74) is 0.855. The van der Waals surface area contributed by atoms with Crippen molar-refractivity contribution in [3.05, 3.63) is 36.0 Å². The van der Waals surface area contributed by atoms with Gasteiger partial charge in [0.2, 0.25) is 0 Å². The predicted octanol–water partition coefficient (Wildman–Crippen LogP) is 1.45. The van der Waals surface area contributed by atoms with Gasteiger partial charge < -0.3 is 10.4 Å². The summed E-state index contributed by atoms with van der Waals surface area (Å²) in [7, 11) is 0. The van der Waals surface area contributed by atoms with Crippen LogP contribution in [0.25, 0.3) is 0 Å². The second kappa shape index (κ2) is 5.64. The number of carbonyl (C=O) groups excluding carboxylic acids is 1. The lowest BCUT2D eigenvalue weighted by Gasteiger charge is -2.13. The van der Waals surface area contributed by atoms with Crippen molar-refractivity contribution in [2.75, 3.05) is 11.9 Å². The summed E-state index contributed by atoms with van der Waals surface area (Å²) in [6, 6.07) is 5.16. The molecule has 0 spiro atoms. The van der Waals surface area contributed by atoms with Crippen LogP contribution in [0.1, 0.15) is 12.1 Å². The minimum Gasteiger partial charge on any atom is -0.396 e. The van der Waals surface area contributed by atoms with Crippen LogP contribution in [0.4, 0.5) is 10.6 Å². The minimum atomic E-state index is -0.277. The summed E-state index contributed by atoms with van der Waals surface area (Å²) in [4.78, 5) is 15.9. The van der Waals surface area contributed by atoms with Crippen LogP contribution in [0.3, 0.4) is 0 Å². The van der Waals surface area contributed by atoms with Gasteiger partial charge in [-0.25, -0.2) is 9.78 Å². The Morgan fingerprint density at radius 3 is 3.00 bits per heavy atom. The van der Waals surface area contributed by atoms with Crippen LogP contribution >= 0.6 is 0 Å². The van der Waals surface area contributed by atoms with E-state index in [0.29, 0.717) is 5.82 Å². The molecule has 0 saturated carbocycles. The van der Waals surface area contributed by atoms with E-state index in [2.05, 4.69) is 15.6 Å². The van der Waals surface area contributed by atoms with Gasteiger partial charge >= 0.3 is 6.03 Å². The van der Waals surface area contributed by atoms with E-state index < -0.39 is 0 Å². The lowest BCUT2D eigenvalue weighted by Crippen LogP contribution is -2.36. The van der Waals surface area contributed by atoms with Crippen LogP contribution < -0.4 is 10.6 Å². The number of rotatable bonds is 3. The third-order valence-electron chi connectivity index (χ3n) is 2.85. The molecule has 1 aromatic heterocycles. The van der Waals surface area contributed by atoms with E-state index in [-0.39, 0.29) is 24.6 Å². The van der Waals surface area contributed by atoms with Gasteiger partial charge in [0.15, 0.2) is 0 Å². The second-order valence-electron chi connectivity index (χ2n) is 4.43. The fourth-order valence-corrected chi connectivity index (χ4v) is 1.95. The molecular formula is C13H17N3O2. The van der Waals surface area contributed by atoms with Crippen LogP contribution in [0, 0.1) is 12.8 Å². The number of aryl methyl sites for hydroxylation is 1. The molecule has 0 unspecified atom stereocenters. The third-order valence-corrected chi connectivity index (χ3v) is 2.85. The number of hydrogen-bond acceptors (Lipinski definition) is 3. The zero-order valence-electron chi connectivity index (χ0n) is 10.3. The molecule has 96 valence electrons. The highest BCUT2D eigenvalue weighted by atomic mass is 16.3. The lowest BCUT2D eigenvalue weighted by molar-refractivity contribution is 0.238. The lowest BCUT2D eigenvalue weighted by atomic mass is 10.1. The summed E-state index contributed by atoms with van der Waals surface area (Å²) in [5, 5.41) is 14.5. The molecule has 3 N–H and O–H groups in total. The highest BCUT2D eigenvalue weighted by Gasteiger charge is 2.19. The van der Waals surface area contributed by atoms with Crippen molar-refractivity contribution in [1.82, 2.24) is 10.3 Å². The molecule has 2 rings (SSSR count). The summed E-state index contributed by atoms with van der Waals surface area (Å²) in [6.07, 6.45) is 4.57. The largest absolute Gasteiger partial charge is 0.396 e. The molecule has 2 atom stereocenters. The van der Waals surface area contributed by atoms with Crippen molar-refractivity contribution < 1.29 is 9.90 Å². The molecule has 18 heavy (non-hydrogen) atoms. The summed E-state index contributed by atoms with van der Waals surface area (Å²) in [5.74, 6) is 0.681. The first-order valence-electron chi connectivity index (χ1n) is 5.98. The number of aliphatic hydroxyl groups is 1. The Kier molecular flexibility index (Phi) is 3.94. The summed E-state index contributed by atoms with van der Waals surface area (Å²) in [6.45, 7) is 1.99. The van der Waals surface area contributed by atoms with Crippen molar-refractivity contribution in [2.45, 2.75) is 19.4 Å². The zero-order chi connectivity index (χ0) is 13.0. The maximum atomic E-state index is 11.7. The molecule has 0 aliphatic heterocycles. The van der Waals surface area contributed by atoms with E-state index in [9.17, 15) is 4.79 Å². The smallest absolute Gasteiger partial charge is 0.320 e. The highest BCUT2D eigenvalue weighted by molar-refractivity contribution is 5.88. The number of carbonyl (C=O) groups is 1. The van der Waals surface area contributed by atoms with Gasteiger partial charge in [0.25, 0.3) is 0 Å². The Morgan fingerprint density at radius 2 is 2.33 bits per heavy atom.